The van der Waals surface area contributed by atoms with E-state index in [1.54, 1.807) is 18.2 Å². The molecule has 0 amide bonds. The largest absolute Gasteiger partial charge is 0.449 e. The van der Waals surface area contributed by atoms with E-state index < -0.39 is 20.4 Å². The number of rotatable bonds is 4. The average molecular weight is 407 g/mol. The third kappa shape index (κ3) is 3.76. The van der Waals surface area contributed by atoms with Gasteiger partial charge in [0.15, 0.2) is 9.84 Å². The number of hydrogen-bond donors (Lipinski definition) is 0. The number of benzene rings is 2. The molecule has 0 radical (unpaired) electrons. The number of hydrogen-bond acceptors (Lipinski definition) is 5. The normalized spacial score (nSPS) is 11.2. The van der Waals surface area contributed by atoms with Gasteiger partial charge in [0.25, 0.3) is 0 Å². The molecule has 0 aromatic heterocycles. The minimum Gasteiger partial charge on any atom is -0.449 e. The van der Waals surface area contributed by atoms with Crippen LogP contribution in [0, 0.1) is 10.1 Å². The molecule has 0 aliphatic heterocycles. The first-order valence-electron chi connectivity index (χ1n) is 5.80. The summed E-state index contributed by atoms with van der Waals surface area (Å²) in [5.74, 6) is 0.250. The molecule has 0 heterocycles. The van der Waals surface area contributed by atoms with Gasteiger partial charge < -0.3 is 4.74 Å². The van der Waals surface area contributed by atoms with E-state index in [4.69, 9.17) is 16.3 Å². The molecule has 2 rings (SSSR count). The molecular weight excluding hydrogens is 398 g/mol. The van der Waals surface area contributed by atoms with Gasteiger partial charge in [0.2, 0.25) is 5.75 Å². The van der Waals surface area contributed by atoms with Crippen molar-refractivity contribution >= 4 is 43.1 Å². The summed E-state index contributed by atoms with van der Waals surface area (Å²) in [6, 6.07) is 8.15. The maximum absolute atomic E-state index is 11.5. The van der Waals surface area contributed by atoms with E-state index in [1.165, 1.54) is 12.1 Å². The lowest BCUT2D eigenvalue weighted by Gasteiger charge is -2.09. The number of sulfone groups is 1. The fourth-order valence-electron chi connectivity index (χ4n) is 1.63. The molecule has 22 heavy (non-hydrogen) atoms. The highest BCUT2D eigenvalue weighted by Crippen LogP contribution is 2.37. The zero-order valence-corrected chi connectivity index (χ0v) is 14.3. The second-order valence-corrected chi connectivity index (χ2v) is 7.64. The molecule has 9 heteroatoms. The Bertz CT molecular complexity index is 854. The molecule has 6 nitrogen and oxygen atoms in total. The predicted octanol–water partition coefficient (Wildman–Crippen LogP) is 4.21. The van der Waals surface area contributed by atoms with E-state index in [9.17, 15) is 18.5 Å². The molecule has 0 aliphatic carbocycles. The molecule has 0 N–H and O–H groups in total. The van der Waals surface area contributed by atoms with Crippen LogP contribution in [0.15, 0.2) is 45.8 Å². The number of nitro benzene ring substituents is 1. The fraction of sp³-hybridized carbons (Fsp3) is 0.0769. The molecule has 2 aromatic carbocycles. The van der Waals surface area contributed by atoms with Crippen molar-refractivity contribution in [1.82, 2.24) is 0 Å². The number of nitro groups is 1. The van der Waals surface area contributed by atoms with Gasteiger partial charge in [-0.15, -0.1) is 0 Å². The van der Waals surface area contributed by atoms with Crippen molar-refractivity contribution in [2.75, 3.05) is 6.26 Å². The van der Waals surface area contributed by atoms with E-state index in [0.717, 1.165) is 12.3 Å². The van der Waals surface area contributed by atoms with Gasteiger partial charge in [-0.2, -0.15) is 0 Å². The summed E-state index contributed by atoms with van der Waals surface area (Å²) in [4.78, 5) is 10.3. The number of ether oxygens (including phenoxy) is 1. The monoisotopic (exact) mass is 405 g/mol. The molecule has 0 atom stereocenters. The first-order chi connectivity index (χ1) is 10.2. The zero-order chi connectivity index (χ0) is 16.5. The Hall–Kier alpha value is -1.64. The van der Waals surface area contributed by atoms with Crippen LogP contribution in [-0.2, 0) is 9.84 Å². The standard InChI is InChI=1S/C13H9BrClNO5S/c1-22(19,20)9-3-5-13(11(7-9)16(17)18)21-12-4-2-8(15)6-10(12)14/h2-7H,1H3. The highest BCUT2D eigenvalue weighted by molar-refractivity contribution is 9.10. The maximum Gasteiger partial charge on any atom is 0.312 e. The smallest absolute Gasteiger partial charge is 0.312 e. The van der Waals surface area contributed by atoms with Gasteiger partial charge in [0, 0.05) is 17.3 Å². The van der Waals surface area contributed by atoms with Crippen molar-refractivity contribution in [2.24, 2.45) is 0 Å². The summed E-state index contributed by atoms with van der Waals surface area (Å²) < 4.78 is 29.0. The van der Waals surface area contributed by atoms with Crippen LogP contribution in [0.2, 0.25) is 5.02 Å². The Morgan fingerprint density at radius 1 is 1.18 bits per heavy atom. The van der Waals surface area contributed by atoms with Crippen molar-refractivity contribution in [2.45, 2.75) is 4.90 Å². The summed E-state index contributed by atoms with van der Waals surface area (Å²) in [5.41, 5.74) is -0.440. The summed E-state index contributed by atoms with van der Waals surface area (Å²) in [6.07, 6.45) is 0.975. The molecule has 0 saturated carbocycles. The van der Waals surface area contributed by atoms with Crippen molar-refractivity contribution < 1.29 is 18.1 Å². The minimum absolute atomic E-state index is 0.0691. The van der Waals surface area contributed by atoms with Crippen molar-refractivity contribution in [3.05, 3.63) is 56.0 Å². The number of halogens is 2. The van der Waals surface area contributed by atoms with Crippen molar-refractivity contribution in [3.8, 4) is 11.5 Å². The SMILES string of the molecule is CS(=O)(=O)c1ccc(Oc2ccc(Cl)cc2Br)c([N+](=O)[O-])c1. The minimum atomic E-state index is -3.55. The summed E-state index contributed by atoms with van der Waals surface area (Å²) in [7, 11) is -3.55. The van der Waals surface area contributed by atoms with Gasteiger partial charge in [-0.1, -0.05) is 11.6 Å². The van der Waals surface area contributed by atoms with Gasteiger partial charge >= 0.3 is 5.69 Å². The van der Waals surface area contributed by atoms with Crippen LogP contribution < -0.4 is 4.74 Å². The lowest BCUT2D eigenvalue weighted by atomic mass is 10.3. The molecule has 0 saturated heterocycles. The van der Waals surface area contributed by atoms with Gasteiger partial charge in [0.05, 0.1) is 14.3 Å². The second-order valence-electron chi connectivity index (χ2n) is 4.34. The Kier molecular flexibility index (Phi) is 4.74. The topological polar surface area (TPSA) is 86.5 Å². The van der Waals surface area contributed by atoms with Gasteiger partial charge in [-0.05, 0) is 46.3 Å². The molecule has 0 aliphatic rings. The predicted molar refractivity (Wildman–Crippen MR) is 85.4 cm³/mol. The van der Waals surface area contributed by atoms with E-state index in [0.29, 0.717) is 15.2 Å². The van der Waals surface area contributed by atoms with Crippen LogP contribution in [0.5, 0.6) is 11.5 Å². The van der Waals surface area contributed by atoms with Crippen molar-refractivity contribution in [1.29, 1.82) is 0 Å². The maximum atomic E-state index is 11.5. The van der Waals surface area contributed by atoms with Gasteiger partial charge in [-0.25, -0.2) is 8.42 Å². The van der Waals surface area contributed by atoms with Crippen LogP contribution in [-0.4, -0.2) is 19.6 Å². The first kappa shape index (κ1) is 16.7. The van der Waals surface area contributed by atoms with Crippen LogP contribution in [0.1, 0.15) is 0 Å². The van der Waals surface area contributed by atoms with Crippen LogP contribution in [0.3, 0.4) is 0 Å². The Labute approximate surface area is 139 Å². The van der Waals surface area contributed by atoms with E-state index in [-0.39, 0.29) is 10.6 Å². The van der Waals surface area contributed by atoms with E-state index in [2.05, 4.69) is 15.9 Å². The van der Waals surface area contributed by atoms with Gasteiger partial charge in [-0.3, -0.25) is 10.1 Å². The molecule has 0 fully saturated rings. The fourth-order valence-corrected chi connectivity index (χ4v) is 3.04. The summed E-state index contributed by atoms with van der Waals surface area (Å²) in [5, 5.41) is 11.6. The van der Waals surface area contributed by atoms with Crippen LogP contribution in [0.25, 0.3) is 0 Å². The lowest BCUT2D eigenvalue weighted by molar-refractivity contribution is -0.385. The van der Waals surface area contributed by atoms with Crippen LogP contribution >= 0.6 is 27.5 Å². The molecule has 116 valence electrons. The highest BCUT2D eigenvalue weighted by atomic mass is 79.9. The van der Waals surface area contributed by atoms with E-state index >= 15 is 0 Å². The third-order valence-electron chi connectivity index (χ3n) is 2.67. The Balaban J connectivity index is 2.49. The zero-order valence-electron chi connectivity index (χ0n) is 11.1. The first-order valence-corrected chi connectivity index (χ1v) is 8.86. The van der Waals surface area contributed by atoms with Crippen LogP contribution in [0.4, 0.5) is 5.69 Å². The molecule has 2 aromatic rings. The molecule has 0 bridgehead atoms. The lowest BCUT2D eigenvalue weighted by Crippen LogP contribution is -2.00. The highest BCUT2D eigenvalue weighted by Gasteiger charge is 2.21. The molecular formula is C13H9BrClNO5S. The Morgan fingerprint density at radius 2 is 1.82 bits per heavy atom. The summed E-state index contributed by atoms with van der Waals surface area (Å²) in [6.45, 7) is 0. The third-order valence-corrected chi connectivity index (χ3v) is 4.63. The second kappa shape index (κ2) is 6.23. The van der Waals surface area contributed by atoms with Gasteiger partial charge in [0.1, 0.15) is 5.75 Å². The Morgan fingerprint density at radius 3 is 2.36 bits per heavy atom. The van der Waals surface area contributed by atoms with Crippen molar-refractivity contribution in [3.63, 3.8) is 0 Å². The quantitative estimate of drug-likeness (QED) is 0.561. The summed E-state index contributed by atoms with van der Waals surface area (Å²) >= 11 is 9.05. The molecule has 0 spiro atoms. The van der Waals surface area contributed by atoms with E-state index in [1.807, 2.05) is 0 Å². The molecule has 0 unspecified atom stereocenters. The average Bonchev–Trinajstić information content (AvgIpc) is 2.40. The number of nitrogens with zero attached hydrogens (tertiary/aromatic N) is 1.